The van der Waals surface area contributed by atoms with Gasteiger partial charge in [0.05, 0.1) is 17.1 Å². The molecule has 1 amide bonds. The Morgan fingerprint density at radius 2 is 1.54 bits per heavy atom. The molecular weight excluding hydrogens is 371 g/mol. The Morgan fingerprint density at radius 1 is 0.893 bits per heavy atom. The number of amidine groups is 1. The molecule has 0 aliphatic carbocycles. The summed E-state index contributed by atoms with van der Waals surface area (Å²) >= 11 is 1.35. The highest BCUT2D eigenvalue weighted by Crippen LogP contribution is 2.36. The van der Waals surface area contributed by atoms with Gasteiger partial charge in [0.1, 0.15) is 5.82 Å². The largest absolute Gasteiger partial charge is 0.271 e. The summed E-state index contributed by atoms with van der Waals surface area (Å²) in [5, 5.41) is 0.614. The lowest BCUT2D eigenvalue weighted by Crippen LogP contribution is -2.28. The van der Waals surface area contributed by atoms with Crippen LogP contribution in [0.25, 0.3) is 6.08 Å². The molecule has 0 bridgehead atoms. The van der Waals surface area contributed by atoms with E-state index >= 15 is 0 Å². The van der Waals surface area contributed by atoms with Crippen molar-refractivity contribution in [3.63, 3.8) is 0 Å². The van der Waals surface area contributed by atoms with Crippen LogP contribution in [0.2, 0.25) is 0 Å². The number of anilines is 1. The average molecular weight is 388 g/mol. The van der Waals surface area contributed by atoms with Crippen molar-refractivity contribution in [1.29, 1.82) is 0 Å². The zero-order valence-electron chi connectivity index (χ0n) is 15.0. The van der Waals surface area contributed by atoms with E-state index in [4.69, 9.17) is 0 Å². The van der Waals surface area contributed by atoms with Crippen LogP contribution in [0.1, 0.15) is 11.1 Å². The average Bonchev–Trinajstić information content (AvgIpc) is 3.04. The first-order chi connectivity index (χ1) is 13.7. The fourth-order valence-corrected chi connectivity index (χ4v) is 3.81. The maximum absolute atomic E-state index is 13.1. The quantitative estimate of drug-likeness (QED) is 0.553. The number of thioether (sulfide) groups is 1. The van der Waals surface area contributed by atoms with Crippen LogP contribution in [0.4, 0.5) is 10.1 Å². The number of rotatable bonds is 4. The van der Waals surface area contributed by atoms with E-state index in [0.717, 1.165) is 16.8 Å². The summed E-state index contributed by atoms with van der Waals surface area (Å²) in [5.74, 6) is -0.376. The standard InChI is InChI=1S/C23H17FN2OS/c24-19-13-11-18(12-14-19)16-25-23-26(20-9-5-2-6-10-20)22(27)21(28-23)15-17-7-3-1-4-8-17/h1-15H,16H2/b21-15-,25-23-. The SMILES string of the molecule is O=C1/C(=C/c2ccccc2)S/C(=N\Cc2ccc(F)cc2)N1c1ccccc1. The van der Waals surface area contributed by atoms with Gasteiger partial charge in [-0.15, -0.1) is 0 Å². The van der Waals surface area contributed by atoms with Gasteiger partial charge in [-0.2, -0.15) is 0 Å². The molecule has 3 aromatic carbocycles. The second kappa shape index (κ2) is 8.23. The van der Waals surface area contributed by atoms with E-state index in [1.807, 2.05) is 66.7 Å². The summed E-state index contributed by atoms with van der Waals surface area (Å²) in [5.41, 5.74) is 2.62. The van der Waals surface area contributed by atoms with Gasteiger partial charge >= 0.3 is 0 Å². The summed E-state index contributed by atoms with van der Waals surface area (Å²) in [6.07, 6.45) is 1.88. The summed E-state index contributed by atoms with van der Waals surface area (Å²) < 4.78 is 13.1. The fourth-order valence-electron chi connectivity index (χ4n) is 2.83. The zero-order chi connectivity index (χ0) is 19.3. The van der Waals surface area contributed by atoms with Crippen molar-refractivity contribution in [2.24, 2.45) is 4.99 Å². The number of hydrogen-bond acceptors (Lipinski definition) is 3. The minimum atomic E-state index is -0.277. The molecule has 3 aromatic rings. The van der Waals surface area contributed by atoms with Gasteiger partial charge in [0.2, 0.25) is 0 Å². The molecule has 4 rings (SSSR count). The number of carbonyl (C=O) groups is 1. The third-order valence-corrected chi connectivity index (χ3v) is 5.23. The van der Waals surface area contributed by atoms with E-state index in [1.165, 1.54) is 23.9 Å². The minimum Gasteiger partial charge on any atom is -0.268 e. The second-order valence-corrected chi connectivity index (χ2v) is 7.23. The monoisotopic (exact) mass is 388 g/mol. The zero-order valence-corrected chi connectivity index (χ0v) is 15.8. The van der Waals surface area contributed by atoms with Crippen molar-refractivity contribution < 1.29 is 9.18 Å². The third-order valence-electron chi connectivity index (χ3n) is 4.23. The summed E-state index contributed by atoms with van der Waals surface area (Å²) in [6.45, 7) is 0.373. The van der Waals surface area contributed by atoms with Gasteiger partial charge in [0.25, 0.3) is 5.91 Å². The summed E-state index contributed by atoms with van der Waals surface area (Å²) in [7, 11) is 0. The van der Waals surface area contributed by atoms with Crippen molar-refractivity contribution in [1.82, 2.24) is 0 Å². The molecule has 0 N–H and O–H groups in total. The molecule has 138 valence electrons. The first-order valence-corrected chi connectivity index (χ1v) is 9.65. The second-order valence-electron chi connectivity index (χ2n) is 6.22. The molecule has 1 aliphatic heterocycles. The molecule has 0 spiro atoms. The molecule has 3 nitrogen and oxygen atoms in total. The predicted octanol–water partition coefficient (Wildman–Crippen LogP) is 5.50. The lowest BCUT2D eigenvalue weighted by atomic mass is 10.2. The number of aliphatic imine (C=N–C) groups is 1. The van der Waals surface area contributed by atoms with Crippen LogP contribution in [0.15, 0.2) is 94.8 Å². The van der Waals surface area contributed by atoms with Gasteiger partial charge in [-0.25, -0.2) is 4.39 Å². The summed E-state index contributed by atoms with van der Waals surface area (Å²) in [6, 6.07) is 25.4. The number of benzene rings is 3. The number of para-hydroxylation sites is 1. The van der Waals surface area contributed by atoms with E-state index in [2.05, 4.69) is 4.99 Å². The molecule has 1 aliphatic rings. The topological polar surface area (TPSA) is 32.7 Å². The highest BCUT2D eigenvalue weighted by Gasteiger charge is 2.34. The van der Waals surface area contributed by atoms with Gasteiger partial charge in [-0.1, -0.05) is 60.7 Å². The highest BCUT2D eigenvalue weighted by atomic mass is 32.2. The number of hydrogen-bond donors (Lipinski definition) is 0. The molecule has 0 saturated carbocycles. The Bertz CT molecular complexity index is 1030. The van der Waals surface area contributed by atoms with E-state index in [0.29, 0.717) is 16.6 Å². The Hall–Kier alpha value is -3.18. The summed E-state index contributed by atoms with van der Waals surface area (Å²) in [4.78, 5) is 20.0. The molecule has 0 unspecified atom stereocenters. The smallest absolute Gasteiger partial charge is 0.268 e. The molecule has 0 atom stereocenters. The molecular formula is C23H17FN2OS. The highest BCUT2D eigenvalue weighted by molar-refractivity contribution is 8.19. The number of halogens is 1. The molecule has 1 heterocycles. The van der Waals surface area contributed by atoms with Crippen LogP contribution in [0.3, 0.4) is 0 Å². The number of amides is 1. The first kappa shape index (κ1) is 18.2. The fraction of sp³-hybridized carbons (Fsp3) is 0.0435. The van der Waals surface area contributed by atoms with E-state index in [-0.39, 0.29) is 11.7 Å². The third kappa shape index (κ3) is 4.05. The predicted molar refractivity (Wildman–Crippen MR) is 113 cm³/mol. The van der Waals surface area contributed by atoms with Crippen LogP contribution in [-0.4, -0.2) is 11.1 Å². The van der Waals surface area contributed by atoms with Crippen molar-refractivity contribution in [3.8, 4) is 0 Å². The van der Waals surface area contributed by atoms with Gasteiger partial charge < -0.3 is 0 Å². The molecule has 0 radical (unpaired) electrons. The van der Waals surface area contributed by atoms with Crippen LogP contribution in [0.5, 0.6) is 0 Å². The Morgan fingerprint density at radius 3 is 2.21 bits per heavy atom. The van der Waals surface area contributed by atoms with E-state index in [9.17, 15) is 9.18 Å². The van der Waals surface area contributed by atoms with Crippen LogP contribution in [-0.2, 0) is 11.3 Å². The molecule has 1 saturated heterocycles. The van der Waals surface area contributed by atoms with Gasteiger partial charge in [0.15, 0.2) is 5.17 Å². The van der Waals surface area contributed by atoms with Crippen LogP contribution < -0.4 is 4.90 Å². The Kier molecular flexibility index (Phi) is 5.35. The number of carbonyl (C=O) groups excluding carboxylic acids is 1. The maximum Gasteiger partial charge on any atom is 0.271 e. The Balaban J connectivity index is 1.67. The normalized spacial score (nSPS) is 16.9. The number of nitrogens with zero attached hydrogens (tertiary/aromatic N) is 2. The maximum atomic E-state index is 13.1. The van der Waals surface area contributed by atoms with Gasteiger partial charge in [-0.3, -0.25) is 14.7 Å². The van der Waals surface area contributed by atoms with Crippen molar-refractivity contribution in [2.75, 3.05) is 4.90 Å². The molecule has 0 aromatic heterocycles. The van der Waals surface area contributed by atoms with Gasteiger partial charge in [-0.05, 0) is 53.2 Å². The van der Waals surface area contributed by atoms with Gasteiger partial charge in [0, 0.05) is 0 Å². The van der Waals surface area contributed by atoms with Crippen LogP contribution >= 0.6 is 11.8 Å². The minimum absolute atomic E-state index is 0.0992. The van der Waals surface area contributed by atoms with Crippen molar-refractivity contribution in [3.05, 3.63) is 107 Å². The first-order valence-electron chi connectivity index (χ1n) is 8.84. The molecule has 1 fully saturated rings. The van der Waals surface area contributed by atoms with E-state index in [1.54, 1.807) is 17.0 Å². The van der Waals surface area contributed by atoms with Crippen molar-refractivity contribution >= 4 is 34.6 Å². The van der Waals surface area contributed by atoms with E-state index < -0.39 is 0 Å². The molecule has 28 heavy (non-hydrogen) atoms. The lowest BCUT2D eigenvalue weighted by Gasteiger charge is -2.15. The Labute approximate surface area is 167 Å². The van der Waals surface area contributed by atoms with Crippen LogP contribution in [0, 0.1) is 5.82 Å². The van der Waals surface area contributed by atoms with Crippen molar-refractivity contribution in [2.45, 2.75) is 6.54 Å². The molecule has 5 heteroatoms. The lowest BCUT2D eigenvalue weighted by molar-refractivity contribution is -0.113.